The number of aromatic amines is 1. The second-order valence-corrected chi connectivity index (χ2v) is 5.62. The summed E-state index contributed by atoms with van der Waals surface area (Å²) in [7, 11) is 1.82. The van der Waals surface area contributed by atoms with Crippen LogP contribution in [0.4, 0.5) is 17.6 Å². The lowest BCUT2D eigenvalue weighted by Crippen LogP contribution is -2.15. The van der Waals surface area contributed by atoms with Crippen LogP contribution in [0.2, 0.25) is 5.02 Å². The van der Waals surface area contributed by atoms with E-state index in [9.17, 15) is 0 Å². The Labute approximate surface area is 152 Å². The fourth-order valence-corrected chi connectivity index (χ4v) is 2.41. The Kier molecular flexibility index (Phi) is 3.93. The summed E-state index contributed by atoms with van der Waals surface area (Å²) in [6.07, 6.45) is 1.51. The van der Waals surface area contributed by atoms with Gasteiger partial charge in [0.25, 0.3) is 5.89 Å². The lowest BCUT2D eigenvalue weighted by Gasteiger charge is -2.17. The predicted octanol–water partition coefficient (Wildman–Crippen LogP) is 2.32. The van der Waals surface area contributed by atoms with E-state index in [1.165, 1.54) is 6.20 Å². The van der Waals surface area contributed by atoms with Crippen LogP contribution in [0.1, 0.15) is 0 Å². The maximum absolute atomic E-state index is 6.00. The van der Waals surface area contributed by atoms with Crippen LogP contribution in [0.25, 0.3) is 23.2 Å². The fraction of sp³-hybridized carbons (Fsp3) is 0.0667. The molecule has 4 rings (SSSR count). The Bertz CT molecular complexity index is 1050. The molecule has 130 valence electrons. The van der Waals surface area contributed by atoms with Gasteiger partial charge in [-0.15, -0.1) is 0 Å². The number of para-hydroxylation sites is 1. The van der Waals surface area contributed by atoms with E-state index in [1.54, 1.807) is 4.90 Å². The summed E-state index contributed by atoms with van der Waals surface area (Å²) in [6.45, 7) is 0. The van der Waals surface area contributed by atoms with Crippen LogP contribution < -0.4 is 10.6 Å². The van der Waals surface area contributed by atoms with Gasteiger partial charge in [0.15, 0.2) is 5.69 Å². The zero-order chi connectivity index (χ0) is 18.1. The van der Waals surface area contributed by atoms with Crippen molar-refractivity contribution in [1.29, 1.82) is 0 Å². The van der Waals surface area contributed by atoms with Crippen LogP contribution in [0.3, 0.4) is 0 Å². The zero-order valence-corrected chi connectivity index (χ0v) is 14.2. The Morgan fingerprint density at radius 2 is 1.88 bits per heavy atom. The van der Waals surface area contributed by atoms with Gasteiger partial charge in [0.2, 0.25) is 23.5 Å². The number of hydrogen-bond acceptors (Lipinski definition) is 9. The molecule has 1 aromatic carbocycles. The predicted molar refractivity (Wildman–Crippen MR) is 94.6 cm³/mol. The number of halogens is 1. The number of nitrogens with zero attached hydrogens (tertiary/aromatic N) is 7. The van der Waals surface area contributed by atoms with Crippen molar-refractivity contribution in [1.82, 2.24) is 35.3 Å². The summed E-state index contributed by atoms with van der Waals surface area (Å²) in [5, 5.41) is 10.8. The normalized spacial score (nSPS) is 10.8. The summed E-state index contributed by atoms with van der Waals surface area (Å²) in [4.78, 5) is 18.6. The molecule has 4 aromatic rings. The van der Waals surface area contributed by atoms with Crippen molar-refractivity contribution in [2.45, 2.75) is 0 Å². The third kappa shape index (κ3) is 2.93. The highest BCUT2D eigenvalue weighted by Gasteiger charge is 2.19. The smallest absolute Gasteiger partial charge is 0.280 e. The van der Waals surface area contributed by atoms with Crippen molar-refractivity contribution in [2.75, 3.05) is 17.7 Å². The molecule has 0 saturated heterocycles. The quantitative estimate of drug-likeness (QED) is 0.555. The maximum Gasteiger partial charge on any atom is 0.280 e. The molecule has 10 nitrogen and oxygen atoms in total. The molecular formula is C15H12ClN9O. The van der Waals surface area contributed by atoms with Crippen LogP contribution in [0.5, 0.6) is 0 Å². The lowest BCUT2D eigenvalue weighted by molar-refractivity contribution is 0.430. The van der Waals surface area contributed by atoms with Crippen molar-refractivity contribution >= 4 is 29.2 Å². The van der Waals surface area contributed by atoms with Gasteiger partial charge in [0.1, 0.15) is 0 Å². The van der Waals surface area contributed by atoms with Gasteiger partial charge in [-0.05, 0) is 12.1 Å². The van der Waals surface area contributed by atoms with E-state index < -0.39 is 0 Å². The first-order valence-electron chi connectivity index (χ1n) is 7.46. The third-order valence-corrected chi connectivity index (χ3v) is 3.79. The fourth-order valence-electron chi connectivity index (χ4n) is 2.23. The molecule has 0 fully saturated rings. The van der Waals surface area contributed by atoms with Gasteiger partial charge in [0, 0.05) is 18.9 Å². The van der Waals surface area contributed by atoms with Crippen LogP contribution in [0.15, 0.2) is 41.1 Å². The largest absolute Gasteiger partial charge is 0.368 e. The molecule has 0 aliphatic carbocycles. The van der Waals surface area contributed by atoms with Gasteiger partial charge in [-0.3, -0.25) is 5.10 Å². The minimum Gasteiger partial charge on any atom is -0.368 e. The third-order valence-electron chi connectivity index (χ3n) is 3.51. The number of H-pyrrole nitrogens is 1. The van der Waals surface area contributed by atoms with Gasteiger partial charge >= 0.3 is 0 Å². The van der Waals surface area contributed by atoms with Crippen LogP contribution in [-0.4, -0.2) is 42.3 Å². The highest BCUT2D eigenvalue weighted by molar-refractivity contribution is 6.32. The number of nitrogens with one attached hydrogen (secondary N) is 1. The number of hydrogen-bond donors (Lipinski definition) is 2. The molecule has 11 heteroatoms. The van der Waals surface area contributed by atoms with Crippen molar-refractivity contribution in [2.24, 2.45) is 0 Å². The highest BCUT2D eigenvalue weighted by atomic mass is 35.5. The first kappa shape index (κ1) is 16.0. The van der Waals surface area contributed by atoms with Crippen molar-refractivity contribution in [3.63, 3.8) is 0 Å². The molecule has 26 heavy (non-hydrogen) atoms. The van der Waals surface area contributed by atoms with Crippen LogP contribution in [-0.2, 0) is 0 Å². The van der Waals surface area contributed by atoms with Gasteiger partial charge < -0.3 is 15.2 Å². The van der Waals surface area contributed by atoms with E-state index in [2.05, 4.69) is 35.3 Å². The second kappa shape index (κ2) is 6.41. The molecular weight excluding hydrogens is 358 g/mol. The maximum atomic E-state index is 6.00. The van der Waals surface area contributed by atoms with Gasteiger partial charge in [-0.1, -0.05) is 35.0 Å². The molecule has 0 amide bonds. The van der Waals surface area contributed by atoms with Crippen LogP contribution in [0, 0.1) is 0 Å². The number of rotatable bonds is 4. The SMILES string of the molecule is CN(c1ccccc1)c1nc(N)nc(-c2noc(-c3n[nH]cc3Cl)n2)n1. The molecule has 0 spiro atoms. The lowest BCUT2D eigenvalue weighted by atomic mass is 10.3. The van der Waals surface area contributed by atoms with E-state index >= 15 is 0 Å². The standard InChI is InChI=1S/C15H12ClN9O/c1-25(8-5-3-2-4-6-8)15-21-11(20-14(17)22-15)12-19-13(26-24-12)10-9(16)7-18-23-10/h2-7H,1H3,(H,18,23)(H2,17,20,21,22). The number of benzene rings is 1. The summed E-state index contributed by atoms with van der Waals surface area (Å²) >= 11 is 6.00. The highest BCUT2D eigenvalue weighted by Crippen LogP contribution is 2.26. The summed E-state index contributed by atoms with van der Waals surface area (Å²) in [5.74, 6) is 0.857. The Hall–Kier alpha value is -3.53. The Morgan fingerprint density at radius 3 is 2.62 bits per heavy atom. The number of nitrogen functional groups attached to an aromatic ring is 1. The second-order valence-electron chi connectivity index (χ2n) is 5.22. The molecule has 3 aromatic heterocycles. The van der Waals surface area contributed by atoms with E-state index in [4.69, 9.17) is 21.9 Å². The number of nitrogens with two attached hydrogens (primary N) is 1. The molecule has 0 saturated carbocycles. The van der Waals surface area contributed by atoms with Crippen molar-refractivity contribution < 1.29 is 4.52 Å². The minimum atomic E-state index is 0.0388. The van der Waals surface area contributed by atoms with E-state index in [0.717, 1.165) is 5.69 Å². The molecule has 3 N–H and O–H groups in total. The summed E-state index contributed by atoms with van der Waals surface area (Å²) in [6, 6.07) is 9.59. The average molecular weight is 370 g/mol. The minimum absolute atomic E-state index is 0.0388. The van der Waals surface area contributed by atoms with Crippen molar-refractivity contribution in [3.05, 3.63) is 41.6 Å². The van der Waals surface area contributed by atoms with Gasteiger partial charge in [-0.25, -0.2) is 0 Å². The van der Waals surface area contributed by atoms with Crippen molar-refractivity contribution in [3.8, 4) is 23.2 Å². The van der Waals surface area contributed by atoms with Gasteiger partial charge in [0.05, 0.1) is 5.02 Å². The molecule has 0 aliphatic rings. The molecule has 0 bridgehead atoms. The molecule has 0 atom stereocenters. The number of aromatic nitrogens is 7. The van der Waals surface area contributed by atoms with Crippen LogP contribution >= 0.6 is 11.6 Å². The molecule has 0 aliphatic heterocycles. The zero-order valence-electron chi connectivity index (χ0n) is 13.5. The van der Waals surface area contributed by atoms with E-state index in [0.29, 0.717) is 16.7 Å². The average Bonchev–Trinajstić information content (AvgIpc) is 3.30. The first-order chi connectivity index (χ1) is 12.6. The summed E-state index contributed by atoms with van der Waals surface area (Å²) < 4.78 is 5.19. The summed E-state index contributed by atoms with van der Waals surface area (Å²) in [5.41, 5.74) is 7.06. The molecule has 0 unspecified atom stereocenters. The topological polar surface area (TPSA) is 136 Å². The monoisotopic (exact) mass is 369 g/mol. The first-order valence-corrected chi connectivity index (χ1v) is 7.83. The Balaban J connectivity index is 1.71. The molecule has 3 heterocycles. The Morgan fingerprint density at radius 1 is 1.08 bits per heavy atom. The molecule has 0 radical (unpaired) electrons. The number of anilines is 3. The van der Waals surface area contributed by atoms with E-state index in [1.807, 2.05) is 37.4 Å². The van der Waals surface area contributed by atoms with E-state index in [-0.39, 0.29) is 23.5 Å². The van der Waals surface area contributed by atoms with Gasteiger partial charge in [-0.2, -0.15) is 25.0 Å².